The van der Waals surface area contributed by atoms with Crippen molar-refractivity contribution in [2.24, 2.45) is 11.8 Å². The van der Waals surface area contributed by atoms with Gasteiger partial charge in [0, 0.05) is 36.3 Å². The summed E-state index contributed by atoms with van der Waals surface area (Å²) in [7, 11) is 0. The van der Waals surface area contributed by atoms with Crippen LogP contribution in [0.15, 0.2) is 6.07 Å². The molecule has 2 rings (SSSR count). The molecular formula is C27H34O10. The van der Waals surface area contributed by atoms with E-state index in [1.165, 1.54) is 6.92 Å². The van der Waals surface area contributed by atoms with Crippen LogP contribution in [-0.2, 0) is 0 Å². The van der Waals surface area contributed by atoms with E-state index in [9.17, 15) is 49.8 Å². The Morgan fingerprint density at radius 3 is 1.16 bits per heavy atom. The third-order valence-corrected chi connectivity index (χ3v) is 5.66. The van der Waals surface area contributed by atoms with Crippen molar-refractivity contribution in [3.05, 3.63) is 33.9 Å². The van der Waals surface area contributed by atoms with Crippen LogP contribution < -0.4 is 0 Å². The summed E-state index contributed by atoms with van der Waals surface area (Å²) in [4.78, 5) is 47.2. The van der Waals surface area contributed by atoms with Crippen molar-refractivity contribution in [3.8, 4) is 34.5 Å². The first kappa shape index (κ1) is 31.0. The number of aromatic hydroxyl groups is 6. The van der Waals surface area contributed by atoms with Crippen molar-refractivity contribution in [3.63, 3.8) is 0 Å². The molecule has 0 radical (unpaired) electrons. The number of benzene rings is 2. The maximum absolute atomic E-state index is 11.9. The quantitative estimate of drug-likeness (QED) is 0.265. The Hall–Kier alpha value is -4.08. The highest BCUT2D eigenvalue weighted by Crippen LogP contribution is 2.42. The van der Waals surface area contributed by atoms with E-state index in [4.69, 9.17) is 0 Å². The zero-order valence-corrected chi connectivity index (χ0v) is 22.0. The molecule has 0 heterocycles. The van der Waals surface area contributed by atoms with E-state index in [1.807, 2.05) is 0 Å². The topological polar surface area (TPSA) is 190 Å². The standard InChI is InChI=1S/C14H18O5.C13H16O5/c1-6(2)12(17)10-8(15)5-9(16)11(14(10)19)13(18)7(3)4;1-4-7(14)9-11(16)6(3)12(17)10(13(9)18)8(15)5-2/h5-7,15-16,19H,1-4H3;16-18H,4-5H2,1-3H3. The van der Waals surface area contributed by atoms with Gasteiger partial charge in [0.2, 0.25) is 0 Å². The molecule has 2 aromatic rings. The molecule has 0 fully saturated rings. The number of hydrogen-bond acceptors (Lipinski definition) is 10. The highest BCUT2D eigenvalue weighted by Gasteiger charge is 2.29. The summed E-state index contributed by atoms with van der Waals surface area (Å²) in [6, 6.07) is 0.908. The van der Waals surface area contributed by atoms with Gasteiger partial charge in [-0.2, -0.15) is 0 Å². The first-order valence-corrected chi connectivity index (χ1v) is 11.7. The Kier molecular flexibility index (Phi) is 10.2. The van der Waals surface area contributed by atoms with Crippen molar-refractivity contribution in [2.45, 2.75) is 61.3 Å². The second-order valence-corrected chi connectivity index (χ2v) is 9.03. The number of rotatable bonds is 8. The zero-order valence-electron chi connectivity index (χ0n) is 22.0. The molecule has 10 nitrogen and oxygen atoms in total. The second kappa shape index (κ2) is 12.2. The summed E-state index contributed by atoms with van der Waals surface area (Å²) < 4.78 is 0. The van der Waals surface area contributed by atoms with Crippen LogP contribution in [-0.4, -0.2) is 53.8 Å². The average Bonchev–Trinajstić information content (AvgIpc) is 2.82. The second-order valence-electron chi connectivity index (χ2n) is 9.03. The number of carbonyl (C=O) groups excluding carboxylic acids is 4. The van der Waals surface area contributed by atoms with Gasteiger partial charge in [0.1, 0.15) is 56.8 Å². The monoisotopic (exact) mass is 518 g/mol. The van der Waals surface area contributed by atoms with Gasteiger partial charge in [-0.25, -0.2) is 0 Å². The Morgan fingerprint density at radius 1 is 0.595 bits per heavy atom. The van der Waals surface area contributed by atoms with Gasteiger partial charge in [0.25, 0.3) is 0 Å². The molecule has 202 valence electrons. The summed E-state index contributed by atoms with van der Waals surface area (Å²) in [5, 5.41) is 58.9. The van der Waals surface area contributed by atoms with Gasteiger partial charge in [-0.15, -0.1) is 0 Å². The van der Waals surface area contributed by atoms with E-state index in [2.05, 4.69) is 0 Å². The Bertz CT molecular complexity index is 1150. The van der Waals surface area contributed by atoms with Crippen molar-refractivity contribution < 1.29 is 49.8 Å². The van der Waals surface area contributed by atoms with Crippen LogP contribution in [0.4, 0.5) is 0 Å². The first-order valence-electron chi connectivity index (χ1n) is 11.7. The molecule has 0 atom stereocenters. The summed E-state index contributed by atoms with van der Waals surface area (Å²) >= 11 is 0. The lowest BCUT2D eigenvalue weighted by Crippen LogP contribution is -2.13. The summed E-state index contributed by atoms with van der Waals surface area (Å²) in [6.45, 7) is 11.0. The van der Waals surface area contributed by atoms with E-state index in [0.717, 1.165) is 6.07 Å². The molecule has 0 aromatic heterocycles. The summed E-state index contributed by atoms with van der Waals surface area (Å²) in [6.07, 6.45) is 0.149. The van der Waals surface area contributed by atoms with Crippen molar-refractivity contribution in [1.82, 2.24) is 0 Å². The third-order valence-electron chi connectivity index (χ3n) is 5.66. The van der Waals surface area contributed by atoms with E-state index >= 15 is 0 Å². The van der Waals surface area contributed by atoms with Gasteiger partial charge < -0.3 is 30.6 Å². The molecule has 10 heteroatoms. The van der Waals surface area contributed by atoms with Gasteiger partial charge in [0.15, 0.2) is 23.1 Å². The van der Waals surface area contributed by atoms with Crippen molar-refractivity contribution in [1.29, 1.82) is 0 Å². The fourth-order valence-electron chi connectivity index (χ4n) is 3.42. The molecule has 0 bridgehead atoms. The molecule has 0 aliphatic rings. The van der Waals surface area contributed by atoms with Crippen LogP contribution in [0.2, 0.25) is 0 Å². The van der Waals surface area contributed by atoms with E-state index in [-0.39, 0.29) is 40.7 Å². The Balaban J connectivity index is 0.000000371. The largest absolute Gasteiger partial charge is 0.507 e. The van der Waals surface area contributed by atoms with Gasteiger partial charge in [-0.3, -0.25) is 19.2 Å². The summed E-state index contributed by atoms with van der Waals surface area (Å²) in [5.74, 6) is -6.20. The minimum absolute atomic E-state index is 0.0152. The fourth-order valence-corrected chi connectivity index (χ4v) is 3.42. The average molecular weight is 519 g/mol. The third kappa shape index (κ3) is 6.19. The maximum Gasteiger partial charge on any atom is 0.172 e. The molecule has 0 aliphatic heterocycles. The molecular weight excluding hydrogens is 484 g/mol. The molecule has 0 amide bonds. The Labute approximate surface area is 214 Å². The molecule has 0 saturated heterocycles. The fraction of sp³-hybridized carbons (Fsp3) is 0.407. The molecule has 2 aromatic carbocycles. The number of hydrogen-bond donors (Lipinski definition) is 6. The molecule has 0 spiro atoms. The number of carbonyl (C=O) groups is 4. The minimum atomic E-state index is -0.658. The lowest BCUT2D eigenvalue weighted by Gasteiger charge is -2.14. The highest BCUT2D eigenvalue weighted by atomic mass is 16.3. The predicted molar refractivity (Wildman–Crippen MR) is 135 cm³/mol. The van der Waals surface area contributed by atoms with Crippen LogP contribution in [0.3, 0.4) is 0 Å². The first-order chi connectivity index (χ1) is 17.0. The lowest BCUT2D eigenvalue weighted by atomic mass is 9.92. The van der Waals surface area contributed by atoms with Gasteiger partial charge in [-0.1, -0.05) is 41.5 Å². The van der Waals surface area contributed by atoms with Crippen molar-refractivity contribution in [2.75, 3.05) is 0 Å². The summed E-state index contributed by atoms with van der Waals surface area (Å²) in [5.41, 5.74) is -1.23. The number of phenols is 6. The van der Waals surface area contributed by atoms with Crippen LogP contribution in [0, 0.1) is 18.8 Å². The maximum atomic E-state index is 11.9. The highest BCUT2D eigenvalue weighted by molar-refractivity contribution is 6.10. The van der Waals surface area contributed by atoms with Gasteiger partial charge in [0.05, 0.1) is 0 Å². The smallest absolute Gasteiger partial charge is 0.172 e. The molecule has 0 aliphatic carbocycles. The van der Waals surface area contributed by atoms with Crippen molar-refractivity contribution >= 4 is 23.1 Å². The Morgan fingerprint density at radius 2 is 0.892 bits per heavy atom. The van der Waals surface area contributed by atoms with E-state index < -0.39 is 69.5 Å². The zero-order chi connectivity index (χ0) is 28.9. The van der Waals surface area contributed by atoms with Crippen LogP contribution in [0.5, 0.6) is 34.5 Å². The number of phenolic OH excluding ortho intramolecular Hbond substituents is 6. The van der Waals surface area contributed by atoms with Crippen LogP contribution in [0.1, 0.15) is 101 Å². The van der Waals surface area contributed by atoms with Gasteiger partial charge in [-0.05, 0) is 6.92 Å². The van der Waals surface area contributed by atoms with E-state index in [1.54, 1.807) is 41.5 Å². The molecule has 6 N–H and O–H groups in total. The predicted octanol–water partition coefficient (Wildman–Crippen LogP) is 4.78. The SMILES string of the molecule is CC(C)C(=O)c1c(O)cc(O)c(C(=O)C(C)C)c1O.CCC(=O)c1c(O)c(C)c(O)c(C(=O)CC)c1O. The van der Waals surface area contributed by atoms with E-state index in [0.29, 0.717) is 0 Å². The van der Waals surface area contributed by atoms with Crippen LogP contribution in [0.25, 0.3) is 0 Å². The molecule has 0 saturated carbocycles. The lowest BCUT2D eigenvalue weighted by molar-refractivity contribution is 0.0924. The number of ketones is 4. The normalized spacial score (nSPS) is 10.7. The molecule has 0 unspecified atom stereocenters. The van der Waals surface area contributed by atoms with Gasteiger partial charge >= 0.3 is 0 Å². The van der Waals surface area contributed by atoms with Crippen LogP contribution >= 0.6 is 0 Å². The number of Topliss-reactive ketones (excluding diaryl/α,β-unsaturated/α-hetero) is 4. The molecule has 37 heavy (non-hydrogen) atoms. The minimum Gasteiger partial charge on any atom is -0.507 e.